The first-order valence-electron chi connectivity index (χ1n) is 7.28. The van der Waals surface area contributed by atoms with Crippen LogP contribution in [0.3, 0.4) is 0 Å². The van der Waals surface area contributed by atoms with Crippen molar-refractivity contribution >= 4 is 31.5 Å². The number of ether oxygens (including phenoxy) is 2. The number of benzene rings is 1. The fourth-order valence-corrected chi connectivity index (χ4v) is 4.07. The molecule has 0 N–H and O–H groups in total. The van der Waals surface area contributed by atoms with Gasteiger partial charge in [-0.15, -0.1) is 0 Å². The van der Waals surface area contributed by atoms with E-state index in [-0.39, 0.29) is 35.2 Å². The number of hydrogen-bond acceptors (Lipinski definition) is 7. The highest BCUT2D eigenvalue weighted by atomic mass is 32.2. The van der Waals surface area contributed by atoms with Crippen molar-refractivity contribution in [3.8, 4) is 5.75 Å². The lowest BCUT2D eigenvalue weighted by Gasteiger charge is -2.33. The van der Waals surface area contributed by atoms with Crippen molar-refractivity contribution in [2.24, 2.45) is 0 Å². The van der Waals surface area contributed by atoms with Gasteiger partial charge in [-0.25, -0.2) is 21.6 Å². The summed E-state index contributed by atoms with van der Waals surface area (Å²) in [5.74, 6) is -0.682. The van der Waals surface area contributed by atoms with Crippen LogP contribution in [0.2, 0.25) is 0 Å². The van der Waals surface area contributed by atoms with Gasteiger partial charge in [0.15, 0.2) is 9.84 Å². The minimum Gasteiger partial charge on any atom is -0.475 e. The van der Waals surface area contributed by atoms with Gasteiger partial charge in [-0.1, -0.05) is 6.92 Å². The minimum absolute atomic E-state index is 0.00409. The molecule has 0 amide bonds. The van der Waals surface area contributed by atoms with E-state index in [1.54, 1.807) is 6.92 Å². The van der Waals surface area contributed by atoms with Crippen molar-refractivity contribution < 1.29 is 31.1 Å². The summed E-state index contributed by atoms with van der Waals surface area (Å²) in [7, 11) is -7.25. The number of fused-ring (bicyclic) bond motifs is 1. The van der Waals surface area contributed by atoms with Gasteiger partial charge in [-0.2, -0.15) is 0 Å². The first kappa shape index (κ1) is 18.5. The van der Waals surface area contributed by atoms with Crippen LogP contribution in [0.15, 0.2) is 23.1 Å². The van der Waals surface area contributed by atoms with Crippen molar-refractivity contribution in [3.63, 3.8) is 0 Å². The van der Waals surface area contributed by atoms with Crippen LogP contribution in [0.25, 0.3) is 0 Å². The molecule has 0 aromatic heterocycles. The van der Waals surface area contributed by atoms with Crippen LogP contribution in [0.1, 0.15) is 13.8 Å². The summed E-state index contributed by atoms with van der Waals surface area (Å²) >= 11 is 0. The maximum Gasteiger partial charge on any atom is 0.349 e. The molecular formula is C14H19NO7S2. The van der Waals surface area contributed by atoms with Crippen LogP contribution in [0, 0.1) is 0 Å². The van der Waals surface area contributed by atoms with E-state index in [0.29, 0.717) is 0 Å². The van der Waals surface area contributed by atoms with Crippen LogP contribution < -0.4 is 9.04 Å². The van der Waals surface area contributed by atoms with Gasteiger partial charge in [0.25, 0.3) is 0 Å². The lowest BCUT2D eigenvalue weighted by atomic mass is 10.2. The SMILES string of the molecule is CCOC(=O)[C@@H]1CN(S(C)(=O)=O)c2cc(S(=O)(=O)CC)ccc2O1. The second-order valence-corrected chi connectivity index (χ2v) is 9.37. The van der Waals surface area contributed by atoms with E-state index in [0.717, 1.165) is 10.6 Å². The summed E-state index contributed by atoms with van der Waals surface area (Å²) in [5.41, 5.74) is 0.0903. The molecule has 1 aliphatic rings. The van der Waals surface area contributed by atoms with E-state index in [4.69, 9.17) is 9.47 Å². The summed E-state index contributed by atoms with van der Waals surface area (Å²) < 4.78 is 59.5. The van der Waals surface area contributed by atoms with Gasteiger partial charge in [0.1, 0.15) is 5.75 Å². The fraction of sp³-hybridized carbons (Fsp3) is 0.500. The number of rotatable bonds is 5. The molecule has 0 saturated carbocycles. The van der Waals surface area contributed by atoms with Crippen LogP contribution in [-0.2, 0) is 29.4 Å². The summed E-state index contributed by atoms with van der Waals surface area (Å²) in [4.78, 5) is 11.9. The van der Waals surface area contributed by atoms with Gasteiger partial charge in [0.05, 0.1) is 35.7 Å². The molecule has 2 rings (SSSR count). The summed E-state index contributed by atoms with van der Waals surface area (Å²) in [5, 5.41) is 0. The number of anilines is 1. The van der Waals surface area contributed by atoms with Gasteiger partial charge < -0.3 is 9.47 Å². The maximum absolute atomic E-state index is 12.1. The second-order valence-electron chi connectivity index (χ2n) is 5.19. The van der Waals surface area contributed by atoms with E-state index in [1.807, 2.05) is 0 Å². The third-order valence-electron chi connectivity index (χ3n) is 3.49. The predicted octanol–water partition coefficient (Wildman–Crippen LogP) is 0.570. The number of nitrogens with zero attached hydrogens (tertiary/aromatic N) is 1. The molecule has 0 radical (unpaired) electrons. The standard InChI is InChI=1S/C14H19NO7S2/c1-4-21-14(16)13-9-15(23(3,17)18)11-8-10(24(19,20)5-2)6-7-12(11)22-13/h6-8,13H,4-5,9H2,1-3H3/t13-/m0/s1. The number of esters is 1. The Morgan fingerprint density at radius 3 is 2.50 bits per heavy atom. The monoisotopic (exact) mass is 377 g/mol. The molecule has 1 aromatic carbocycles. The fourth-order valence-electron chi connectivity index (χ4n) is 2.26. The molecule has 10 heteroatoms. The Morgan fingerprint density at radius 1 is 1.29 bits per heavy atom. The molecule has 1 aliphatic heterocycles. The topological polar surface area (TPSA) is 107 Å². The zero-order valence-corrected chi connectivity index (χ0v) is 15.2. The highest BCUT2D eigenvalue weighted by molar-refractivity contribution is 7.92. The molecule has 134 valence electrons. The zero-order valence-electron chi connectivity index (χ0n) is 13.6. The molecule has 0 spiro atoms. The molecule has 0 bridgehead atoms. The van der Waals surface area contributed by atoms with Gasteiger partial charge in [-0.3, -0.25) is 4.31 Å². The van der Waals surface area contributed by atoms with Gasteiger partial charge >= 0.3 is 5.97 Å². The number of sulfonamides is 1. The van der Waals surface area contributed by atoms with Crippen molar-refractivity contribution in [2.45, 2.75) is 24.8 Å². The van der Waals surface area contributed by atoms with Crippen LogP contribution >= 0.6 is 0 Å². The highest BCUT2D eigenvalue weighted by Crippen LogP contribution is 2.37. The molecule has 0 saturated heterocycles. The second kappa shape index (κ2) is 6.60. The molecular weight excluding hydrogens is 358 g/mol. The molecule has 1 atom stereocenters. The predicted molar refractivity (Wildman–Crippen MR) is 87.4 cm³/mol. The van der Waals surface area contributed by atoms with Crippen molar-refractivity contribution in [2.75, 3.05) is 29.5 Å². The first-order valence-corrected chi connectivity index (χ1v) is 10.8. The number of carbonyl (C=O) groups is 1. The summed E-state index contributed by atoms with van der Waals surface area (Å²) in [6.07, 6.45) is -0.133. The number of sulfone groups is 1. The van der Waals surface area contributed by atoms with Crippen molar-refractivity contribution in [1.29, 1.82) is 0 Å². The Bertz CT molecular complexity index is 846. The lowest BCUT2D eigenvalue weighted by Crippen LogP contribution is -2.47. The first-order chi connectivity index (χ1) is 11.1. The third kappa shape index (κ3) is 3.64. The van der Waals surface area contributed by atoms with E-state index >= 15 is 0 Å². The van der Waals surface area contributed by atoms with E-state index in [1.165, 1.54) is 25.1 Å². The molecule has 0 aliphatic carbocycles. The Balaban J connectivity index is 2.53. The largest absolute Gasteiger partial charge is 0.475 e. The van der Waals surface area contributed by atoms with E-state index in [2.05, 4.69) is 0 Å². The normalized spacial score (nSPS) is 17.8. The molecule has 0 unspecified atom stereocenters. The average molecular weight is 377 g/mol. The Kier molecular flexibility index (Phi) is 5.09. The third-order valence-corrected chi connectivity index (χ3v) is 6.37. The average Bonchev–Trinajstić information content (AvgIpc) is 2.52. The van der Waals surface area contributed by atoms with Gasteiger partial charge in [0.2, 0.25) is 16.1 Å². The maximum atomic E-state index is 12.1. The Labute approximate surface area is 141 Å². The summed E-state index contributed by atoms with van der Waals surface area (Å²) in [6, 6.07) is 3.92. The molecule has 24 heavy (non-hydrogen) atoms. The quantitative estimate of drug-likeness (QED) is 0.690. The van der Waals surface area contributed by atoms with Crippen molar-refractivity contribution in [3.05, 3.63) is 18.2 Å². The van der Waals surface area contributed by atoms with E-state index < -0.39 is 31.9 Å². The number of hydrogen-bond donors (Lipinski definition) is 0. The van der Waals surface area contributed by atoms with E-state index in [9.17, 15) is 21.6 Å². The van der Waals surface area contributed by atoms with Gasteiger partial charge in [0, 0.05) is 0 Å². The lowest BCUT2D eigenvalue weighted by molar-refractivity contribution is -0.151. The Morgan fingerprint density at radius 2 is 1.96 bits per heavy atom. The molecule has 8 nitrogen and oxygen atoms in total. The van der Waals surface area contributed by atoms with Gasteiger partial charge in [-0.05, 0) is 25.1 Å². The summed E-state index contributed by atoms with van der Waals surface area (Å²) in [6.45, 7) is 2.99. The van der Waals surface area contributed by atoms with Crippen LogP contribution in [-0.4, -0.2) is 54.1 Å². The van der Waals surface area contributed by atoms with Crippen LogP contribution in [0.4, 0.5) is 5.69 Å². The highest BCUT2D eigenvalue weighted by Gasteiger charge is 2.36. The molecule has 0 fully saturated rings. The molecule has 1 heterocycles. The molecule has 1 aromatic rings. The Hall–Kier alpha value is -1.81. The van der Waals surface area contributed by atoms with Crippen LogP contribution in [0.5, 0.6) is 5.75 Å². The number of carbonyl (C=O) groups excluding carboxylic acids is 1. The minimum atomic E-state index is -3.74. The smallest absolute Gasteiger partial charge is 0.349 e. The van der Waals surface area contributed by atoms with Crippen molar-refractivity contribution in [1.82, 2.24) is 0 Å². The zero-order chi connectivity index (χ0) is 18.1.